The quantitative estimate of drug-likeness (QED) is 0.767. The first kappa shape index (κ1) is 21.9. The van der Waals surface area contributed by atoms with Crippen LogP contribution in [0, 0.1) is 11.8 Å². The maximum absolute atomic E-state index is 12.9. The zero-order valence-electron chi connectivity index (χ0n) is 15.9. The molecule has 1 amide bonds. The van der Waals surface area contributed by atoms with Crippen LogP contribution in [0.4, 0.5) is 0 Å². The van der Waals surface area contributed by atoms with Gasteiger partial charge in [-0.25, -0.2) is 0 Å². The van der Waals surface area contributed by atoms with Gasteiger partial charge in [0.25, 0.3) is 0 Å². The van der Waals surface area contributed by atoms with Crippen molar-refractivity contribution in [3.63, 3.8) is 0 Å². The van der Waals surface area contributed by atoms with E-state index in [0.29, 0.717) is 30.7 Å². The number of hydrogen-bond acceptors (Lipinski definition) is 3. The molecule has 0 aliphatic carbocycles. The predicted molar refractivity (Wildman–Crippen MR) is 107 cm³/mol. The number of hydrogen-bond donors (Lipinski definition) is 1. The van der Waals surface area contributed by atoms with Crippen molar-refractivity contribution in [3.05, 3.63) is 35.9 Å². The molecule has 1 aliphatic heterocycles. The van der Waals surface area contributed by atoms with Crippen LogP contribution >= 0.6 is 12.4 Å². The number of likely N-dealkylation sites (N-methyl/N-ethyl adjacent to an activating group) is 1. The Morgan fingerprint density at radius 2 is 1.96 bits per heavy atom. The standard InChI is InChI=1S/C20H33N3O.ClH/c1-17(19-10-7-11-21-15-19)14-20(24)23(13-12-22(2)3)16-18-8-5-4-6-9-18;/h4-6,8-9,17,19,21H,7,10-16H2,1-3H3;1H. The van der Waals surface area contributed by atoms with Crippen LogP contribution in [0.25, 0.3) is 0 Å². The molecule has 0 radical (unpaired) electrons. The highest BCUT2D eigenvalue weighted by atomic mass is 35.5. The molecule has 0 aromatic heterocycles. The Bertz CT molecular complexity index is 489. The van der Waals surface area contributed by atoms with Crippen molar-refractivity contribution in [2.45, 2.75) is 32.7 Å². The van der Waals surface area contributed by atoms with Gasteiger partial charge in [0, 0.05) is 26.1 Å². The van der Waals surface area contributed by atoms with E-state index in [1.807, 2.05) is 23.1 Å². The molecule has 4 nitrogen and oxygen atoms in total. The molecule has 2 unspecified atom stereocenters. The van der Waals surface area contributed by atoms with E-state index >= 15 is 0 Å². The van der Waals surface area contributed by atoms with Crippen molar-refractivity contribution < 1.29 is 4.79 Å². The van der Waals surface area contributed by atoms with Gasteiger partial charge in [0.05, 0.1) is 0 Å². The zero-order valence-corrected chi connectivity index (χ0v) is 16.7. The number of halogens is 1. The Kier molecular flexibility index (Phi) is 10.1. The van der Waals surface area contributed by atoms with Crippen molar-refractivity contribution >= 4 is 18.3 Å². The van der Waals surface area contributed by atoms with Gasteiger partial charge in [-0.3, -0.25) is 4.79 Å². The highest BCUT2D eigenvalue weighted by Crippen LogP contribution is 2.23. The van der Waals surface area contributed by atoms with E-state index in [9.17, 15) is 4.79 Å². The average Bonchev–Trinajstić information content (AvgIpc) is 2.60. The minimum absolute atomic E-state index is 0. The highest BCUT2D eigenvalue weighted by molar-refractivity contribution is 5.85. The summed E-state index contributed by atoms with van der Waals surface area (Å²) in [6.07, 6.45) is 3.14. The highest BCUT2D eigenvalue weighted by Gasteiger charge is 2.24. The molecule has 1 N–H and O–H groups in total. The Balaban J connectivity index is 0.00000312. The molecule has 0 bridgehead atoms. The number of nitrogens with one attached hydrogen (secondary N) is 1. The van der Waals surface area contributed by atoms with Gasteiger partial charge in [-0.1, -0.05) is 37.3 Å². The van der Waals surface area contributed by atoms with E-state index in [1.54, 1.807) is 0 Å². The first-order valence-corrected chi connectivity index (χ1v) is 9.23. The molecule has 0 saturated carbocycles. The average molecular weight is 368 g/mol. The van der Waals surface area contributed by atoms with Crippen LogP contribution < -0.4 is 5.32 Å². The zero-order chi connectivity index (χ0) is 17.4. The summed E-state index contributed by atoms with van der Waals surface area (Å²) in [6.45, 7) is 6.82. The lowest BCUT2D eigenvalue weighted by Gasteiger charge is -2.30. The van der Waals surface area contributed by atoms with Crippen LogP contribution in [0.1, 0.15) is 31.7 Å². The number of carbonyl (C=O) groups is 1. The molecule has 2 rings (SSSR count). The van der Waals surface area contributed by atoms with E-state index in [0.717, 1.165) is 26.2 Å². The van der Waals surface area contributed by atoms with Crippen LogP contribution in [-0.2, 0) is 11.3 Å². The number of rotatable bonds is 8. The number of amides is 1. The molecule has 5 heteroatoms. The number of piperidine rings is 1. The summed E-state index contributed by atoms with van der Waals surface area (Å²) in [7, 11) is 4.11. The number of benzene rings is 1. The lowest BCUT2D eigenvalue weighted by atomic mass is 9.85. The summed E-state index contributed by atoms with van der Waals surface area (Å²) >= 11 is 0. The minimum Gasteiger partial charge on any atom is -0.337 e. The third-order valence-corrected chi connectivity index (χ3v) is 5.02. The summed E-state index contributed by atoms with van der Waals surface area (Å²) < 4.78 is 0. The maximum Gasteiger partial charge on any atom is 0.223 e. The lowest BCUT2D eigenvalue weighted by Crippen LogP contribution is -2.39. The molecular formula is C20H34ClN3O. The molecule has 2 atom stereocenters. The molecule has 1 aliphatic rings. The Morgan fingerprint density at radius 3 is 2.56 bits per heavy atom. The van der Waals surface area contributed by atoms with Crippen LogP contribution in [0.15, 0.2) is 30.3 Å². The third kappa shape index (κ3) is 7.76. The molecule has 1 fully saturated rings. The fraction of sp³-hybridized carbons (Fsp3) is 0.650. The summed E-state index contributed by atoms with van der Waals surface area (Å²) in [5, 5.41) is 3.47. The van der Waals surface area contributed by atoms with Gasteiger partial charge in [0.15, 0.2) is 0 Å². The Hall–Kier alpha value is -1.10. The van der Waals surface area contributed by atoms with Crippen LogP contribution in [0.2, 0.25) is 0 Å². The monoisotopic (exact) mass is 367 g/mol. The molecule has 1 saturated heterocycles. The van der Waals surface area contributed by atoms with E-state index in [-0.39, 0.29) is 12.4 Å². The fourth-order valence-corrected chi connectivity index (χ4v) is 3.35. The van der Waals surface area contributed by atoms with E-state index < -0.39 is 0 Å². The maximum atomic E-state index is 12.9. The summed E-state index contributed by atoms with van der Waals surface area (Å²) in [5.41, 5.74) is 1.21. The normalized spacial score (nSPS) is 18.5. The third-order valence-electron chi connectivity index (χ3n) is 5.02. The number of carbonyl (C=O) groups excluding carboxylic acids is 1. The van der Waals surface area contributed by atoms with Gasteiger partial charge in [-0.05, 0) is 57.4 Å². The molecule has 25 heavy (non-hydrogen) atoms. The van der Waals surface area contributed by atoms with E-state index in [4.69, 9.17) is 0 Å². The van der Waals surface area contributed by atoms with Crippen LogP contribution in [0.3, 0.4) is 0 Å². The topological polar surface area (TPSA) is 35.6 Å². The second kappa shape index (κ2) is 11.5. The van der Waals surface area contributed by atoms with Gasteiger partial charge in [0.1, 0.15) is 0 Å². The first-order chi connectivity index (χ1) is 11.6. The van der Waals surface area contributed by atoms with Crippen molar-refractivity contribution in [1.82, 2.24) is 15.1 Å². The summed E-state index contributed by atoms with van der Waals surface area (Å²) in [5.74, 6) is 1.37. The van der Waals surface area contributed by atoms with Gasteiger partial charge < -0.3 is 15.1 Å². The van der Waals surface area contributed by atoms with Gasteiger partial charge in [-0.15, -0.1) is 12.4 Å². The molecular weight excluding hydrogens is 334 g/mol. The minimum atomic E-state index is 0. The molecule has 142 valence electrons. The molecule has 1 heterocycles. The smallest absolute Gasteiger partial charge is 0.223 e. The molecule has 0 spiro atoms. The van der Waals surface area contributed by atoms with Gasteiger partial charge >= 0.3 is 0 Å². The second-order valence-electron chi connectivity index (χ2n) is 7.39. The van der Waals surface area contributed by atoms with Crippen LogP contribution in [-0.4, -0.2) is 56.0 Å². The summed E-state index contributed by atoms with van der Waals surface area (Å²) in [6, 6.07) is 10.3. The van der Waals surface area contributed by atoms with E-state index in [2.05, 4.69) is 43.4 Å². The molecule has 1 aromatic rings. The number of nitrogens with zero attached hydrogens (tertiary/aromatic N) is 2. The lowest BCUT2D eigenvalue weighted by molar-refractivity contribution is -0.133. The SMILES string of the molecule is CC(CC(=O)N(CCN(C)C)Cc1ccccc1)C1CCCNC1.Cl. The van der Waals surface area contributed by atoms with E-state index in [1.165, 1.54) is 18.4 Å². The van der Waals surface area contributed by atoms with Gasteiger partial charge in [-0.2, -0.15) is 0 Å². The fourth-order valence-electron chi connectivity index (χ4n) is 3.35. The van der Waals surface area contributed by atoms with Crippen molar-refractivity contribution in [1.29, 1.82) is 0 Å². The first-order valence-electron chi connectivity index (χ1n) is 9.23. The van der Waals surface area contributed by atoms with Gasteiger partial charge in [0.2, 0.25) is 5.91 Å². The van der Waals surface area contributed by atoms with Crippen LogP contribution in [0.5, 0.6) is 0 Å². The largest absolute Gasteiger partial charge is 0.337 e. The van der Waals surface area contributed by atoms with Crippen molar-refractivity contribution in [3.8, 4) is 0 Å². The Labute approximate surface area is 159 Å². The molecule has 1 aromatic carbocycles. The second-order valence-corrected chi connectivity index (χ2v) is 7.39. The Morgan fingerprint density at radius 1 is 1.24 bits per heavy atom. The predicted octanol–water partition coefficient (Wildman–Crippen LogP) is 3.02. The van der Waals surface area contributed by atoms with Crippen molar-refractivity contribution in [2.24, 2.45) is 11.8 Å². The summed E-state index contributed by atoms with van der Waals surface area (Å²) in [4.78, 5) is 17.1. The van der Waals surface area contributed by atoms with Crippen molar-refractivity contribution in [2.75, 3.05) is 40.3 Å².